The highest BCUT2D eigenvalue weighted by Gasteiger charge is 2.68. The fourth-order valence-electron chi connectivity index (χ4n) is 2.41. The topological polar surface area (TPSA) is 190 Å². The number of carboxylic acid groups (broad SMARTS) is 2. The van der Waals surface area contributed by atoms with Crippen LogP contribution in [0, 0.1) is 11.8 Å². The summed E-state index contributed by atoms with van der Waals surface area (Å²) in [6.45, 7) is 2.23. The van der Waals surface area contributed by atoms with Gasteiger partial charge in [0, 0.05) is 0 Å². The van der Waals surface area contributed by atoms with E-state index in [9.17, 15) is 38.3 Å². The summed E-state index contributed by atoms with van der Waals surface area (Å²) >= 11 is 0. The Hall–Kier alpha value is -0.760. The van der Waals surface area contributed by atoms with Crippen molar-refractivity contribution in [1.82, 2.24) is 0 Å². The maximum atomic E-state index is 11.7. The summed E-state index contributed by atoms with van der Waals surface area (Å²) in [5, 5.41) is 18.2. The molecular weight excluding hydrogens is 330 g/mol. The number of carbonyl (C=O) groups is 2. The molecule has 2 unspecified atom stereocenters. The van der Waals surface area contributed by atoms with E-state index in [0.717, 1.165) is 6.92 Å². The molecule has 0 aliphatic carbocycles. The molecule has 0 amide bonds. The summed E-state index contributed by atoms with van der Waals surface area (Å²) in [5.74, 6) is -7.99. The largest absolute Gasteiger partial charge is 0.481 e. The normalized spacial score (nSPS) is 16.3. The van der Waals surface area contributed by atoms with E-state index in [1.54, 1.807) is 0 Å². The van der Waals surface area contributed by atoms with Gasteiger partial charge in [0.25, 0.3) is 0 Å². The lowest BCUT2D eigenvalue weighted by Gasteiger charge is -2.40. The van der Waals surface area contributed by atoms with Crippen molar-refractivity contribution in [3.05, 3.63) is 0 Å². The minimum absolute atomic E-state index is 0.367. The number of hydrogen-bond acceptors (Lipinski definition) is 4. The van der Waals surface area contributed by atoms with Crippen molar-refractivity contribution in [3.8, 4) is 0 Å². The van der Waals surface area contributed by atoms with Crippen LogP contribution in [0.2, 0.25) is 0 Å². The van der Waals surface area contributed by atoms with Gasteiger partial charge in [-0.05, 0) is 12.8 Å². The Morgan fingerprint density at radius 2 is 1.33 bits per heavy atom. The van der Waals surface area contributed by atoms with E-state index < -0.39 is 50.3 Å². The van der Waals surface area contributed by atoms with Crippen LogP contribution in [-0.4, -0.2) is 46.6 Å². The second-order valence-electron chi connectivity index (χ2n) is 4.49. The summed E-state index contributed by atoms with van der Waals surface area (Å²) in [6, 6.07) is 0. The molecule has 10 nitrogen and oxygen atoms in total. The predicted octanol–water partition coefficient (Wildman–Crippen LogP) is 0.260. The monoisotopic (exact) mass is 348 g/mol. The molecule has 12 heteroatoms. The average Bonchev–Trinajstić information content (AvgIpc) is 2.24. The van der Waals surface area contributed by atoms with Crippen LogP contribution in [0.5, 0.6) is 0 Å². The Labute approximate surface area is 120 Å². The molecule has 0 heterocycles. The van der Waals surface area contributed by atoms with Gasteiger partial charge in [0.1, 0.15) is 0 Å². The van der Waals surface area contributed by atoms with Crippen molar-refractivity contribution in [2.24, 2.45) is 11.8 Å². The highest BCUT2D eigenvalue weighted by Crippen LogP contribution is 2.74. The van der Waals surface area contributed by atoms with Crippen molar-refractivity contribution in [2.45, 2.75) is 31.6 Å². The average molecular weight is 348 g/mol. The first-order valence-corrected chi connectivity index (χ1v) is 9.07. The third-order valence-electron chi connectivity index (χ3n) is 3.45. The van der Waals surface area contributed by atoms with Crippen LogP contribution in [0.4, 0.5) is 0 Å². The molecule has 2 atom stereocenters. The number of hydrogen-bond donors (Lipinski definition) is 6. The smallest absolute Gasteiger partial charge is 0.344 e. The molecule has 21 heavy (non-hydrogen) atoms. The molecule has 0 spiro atoms. The lowest BCUT2D eigenvalue weighted by molar-refractivity contribution is -0.155. The van der Waals surface area contributed by atoms with Gasteiger partial charge in [-0.3, -0.25) is 18.7 Å². The molecule has 0 radical (unpaired) electrons. The van der Waals surface area contributed by atoms with Crippen LogP contribution in [-0.2, 0) is 18.7 Å². The van der Waals surface area contributed by atoms with Crippen molar-refractivity contribution in [1.29, 1.82) is 0 Å². The highest BCUT2D eigenvalue weighted by atomic mass is 31.2. The molecule has 0 fully saturated rings. The molecule has 0 aliphatic rings. The van der Waals surface area contributed by atoms with Gasteiger partial charge in [0.05, 0.1) is 11.8 Å². The molecule has 0 aromatic carbocycles. The Kier molecular flexibility index (Phi) is 6.32. The van der Waals surface area contributed by atoms with E-state index in [1.807, 2.05) is 0 Å². The number of rotatable bonds is 8. The standard InChI is InChI=1S/C9H18O10P2/c1-3-5(7(10)11)6(8(12)13)9(4-2,20(14,15)16)21(17,18)19/h5-6H,3-4H2,1-2H3,(H,10,11)(H,12,13)(H2,14,15,16)(H2,17,18,19). The lowest BCUT2D eigenvalue weighted by atomic mass is 9.85. The molecule has 0 aromatic rings. The fraction of sp³-hybridized carbons (Fsp3) is 0.778. The summed E-state index contributed by atoms with van der Waals surface area (Å²) in [6.07, 6.45) is -1.27. The molecule has 6 N–H and O–H groups in total. The Balaban J connectivity index is 6.61. The third kappa shape index (κ3) is 3.53. The summed E-state index contributed by atoms with van der Waals surface area (Å²) in [4.78, 5) is 56.7. The quantitative estimate of drug-likeness (QED) is 0.332. The van der Waals surface area contributed by atoms with Gasteiger partial charge in [-0.15, -0.1) is 0 Å². The summed E-state index contributed by atoms with van der Waals surface area (Å²) < 4.78 is 23.3. The first kappa shape index (κ1) is 20.2. The highest BCUT2D eigenvalue weighted by molar-refractivity contribution is 7.72. The van der Waals surface area contributed by atoms with E-state index in [4.69, 9.17) is 10.2 Å². The minimum atomic E-state index is -5.65. The molecular formula is C9H18O10P2. The van der Waals surface area contributed by atoms with E-state index in [1.165, 1.54) is 6.92 Å². The van der Waals surface area contributed by atoms with E-state index in [-0.39, 0.29) is 6.42 Å². The van der Waals surface area contributed by atoms with Gasteiger partial charge in [-0.2, -0.15) is 0 Å². The first-order valence-electron chi connectivity index (χ1n) is 5.84. The molecule has 0 rings (SSSR count). The van der Waals surface area contributed by atoms with Crippen molar-refractivity contribution in [3.63, 3.8) is 0 Å². The zero-order valence-electron chi connectivity index (χ0n) is 11.3. The van der Waals surface area contributed by atoms with Crippen LogP contribution >= 0.6 is 15.2 Å². The van der Waals surface area contributed by atoms with Crippen LogP contribution in [0.25, 0.3) is 0 Å². The SMILES string of the molecule is CCC(C(=O)O)C(C(=O)O)C(CC)(P(=O)(O)O)P(=O)(O)O. The second kappa shape index (κ2) is 6.56. The fourth-order valence-corrected chi connectivity index (χ4v) is 5.90. The zero-order chi connectivity index (χ0) is 17.2. The lowest BCUT2D eigenvalue weighted by Crippen LogP contribution is -2.47. The Morgan fingerprint density at radius 1 is 0.952 bits per heavy atom. The van der Waals surface area contributed by atoms with Gasteiger partial charge < -0.3 is 29.8 Å². The molecule has 0 aromatic heterocycles. The van der Waals surface area contributed by atoms with Crippen LogP contribution in [0.15, 0.2) is 0 Å². The summed E-state index contributed by atoms with van der Waals surface area (Å²) in [7, 11) is -11.3. The van der Waals surface area contributed by atoms with Crippen LogP contribution in [0.1, 0.15) is 26.7 Å². The molecule has 0 bridgehead atoms. The Morgan fingerprint density at radius 3 is 1.48 bits per heavy atom. The maximum Gasteiger partial charge on any atom is 0.344 e. The van der Waals surface area contributed by atoms with Gasteiger partial charge >= 0.3 is 27.1 Å². The van der Waals surface area contributed by atoms with Crippen molar-refractivity contribution >= 4 is 27.1 Å². The van der Waals surface area contributed by atoms with Crippen molar-refractivity contribution < 1.29 is 48.5 Å². The minimum Gasteiger partial charge on any atom is -0.481 e. The zero-order valence-corrected chi connectivity index (χ0v) is 13.1. The second-order valence-corrected chi connectivity index (χ2v) is 8.61. The molecule has 0 saturated carbocycles. The van der Waals surface area contributed by atoms with E-state index in [2.05, 4.69) is 0 Å². The van der Waals surface area contributed by atoms with Gasteiger partial charge in [-0.1, -0.05) is 13.8 Å². The molecule has 0 saturated heterocycles. The molecule has 124 valence electrons. The van der Waals surface area contributed by atoms with Gasteiger partial charge in [0.2, 0.25) is 0 Å². The summed E-state index contributed by atoms with van der Waals surface area (Å²) in [5.41, 5.74) is 0. The number of aliphatic carboxylic acids is 2. The third-order valence-corrected chi connectivity index (χ3v) is 8.22. The van der Waals surface area contributed by atoms with E-state index >= 15 is 0 Å². The van der Waals surface area contributed by atoms with Gasteiger partial charge in [-0.25, -0.2) is 0 Å². The molecule has 0 aliphatic heterocycles. The van der Waals surface area contributed by atoms with E-state index in [0.29, 0.717) is 0 Å². The van der Waals surface area contributed by atoms with Crippen LogP contribution < -0.4 is 0 Å². The van der Waals surface area contributed by atoms with Crippen molar-refractivity contribution in [2.75, 3.05) is 0 Å². The predicted molar refractivity (Wildman–Crippen MR) is 69.7 cm³/mol. The number of carboxylic acids is 2. The maximum absolute atomic E-state index is 11.7. The first-order chi connectivity index (χ1) is 9.27. The van der Waals surface area contributed by atoms with Crippen LogP contribution in [0.3, 0.4) is 0 Å². The van der Waals surface area contributed by atoms with Gasteiger partial charge in [0.15, 0.2) is 4.90 Å². The Bertz CT molecular complexity index is 481.